The number of nitrogens with zero attached hydrogens (tertiary/aromatic N) is 2. The van der Waals surface area contributed by atoms with Crippen LogP contribution in [0.3, 0.4) is 0 Å². The van der Waals surface area contributed by atoms with Gasteiger partial charge in [0.15, 0.2) is 8.93 Å². The highest BCUT2D eigenvalue weighted by Crippen LogP contribution is 2.35. The number of carbonyl (C=O) groups is 2. The average molecular weight is 547 g/mol. The molecule has 2 heterocycles. The van der Waals surface area contributed by atoms with Gasteiger partial charge in [-0.25, -0.2) is 9.79 Å². The SMILES string of the molecule is Cc1c(N=C2S/C(=C\c3cc(Br)c(I)o3)C(=O)N2C)cccc1C(=O)O. The van der Waals surface area contributed by atoms with E-state index in [1.165, 1.54) is 22.7 Å². The lowest BCUT2D eigenvalue weighted by molar-refractivity contribution is -0.121. The van der Waals surface area contributed by atoms with Gasteiger partial charge in [-0.1, -0.05) is 6.07 Å². The van der Waals surface area contributed by atoms with Crippen LogP contribution in [0.25, 0.3) is 6.08 Å². The van der Waals surface area contributed by atoms with Crippen molar-refractivity contribution >= 4 is 79.1 Å². The molecule has 1 fully saturated rings. The Balaban J connectivity index is 1.95. The molecule has 0 bridgehead atoms. The number of amides is 1. The molecule has 1 saturated heterocycles. The molecule has 0 atom stereocenters. The zero-order valence-corrected chi connectivity index (χ0v) is 18.2. The van der Waals surface area contributed by atoms with Gasteiger partial charge in [0.25, 0.3) is 5.91 Å². The number of rotatable bonds is 3. The zero-order valence-electron chi connectivity index (χ0n) is 13.6. The van der Waals surface area contributed by atoms with Gasteiger partial charge >= 0.3 is 5.97 Å². The lowest BCUT2D eigenvalue weighted by atomic mass is 10.1. The molecule has 1 N–H and O–H groups in total. The van der Waals surface area contributed by atoms with Gasteiger partial charge in [0, 0.05) is 35.7 Å². The molecule has 1 aromatic carbocycles. The predicted octanol–water partition coefficient (Wildman–Crippen LogP) is 4.89. The molecule has 2 aromatic rings. The molecule has 1 aromatic heterocycles. The van der Waals surface area contributed by atoms with Crippen LogP contribution in [0.1, 0.15) is 21.7 Å². The fourth-order valence-corrected chi connectivity index (χ4v) is 3.97. The normalized spacial score (nSPS) is 17.5. The Morgan fingerprint density at radius 3 is 2.81 bits per heavy atom. The van der Waals surface area contributed by atoms with Gasteiger partial charge in [-0.3, -0.25) is 9.69 Å². The van der Waals surface area contributed by atoms with Crippen molar-refractivity contribution in [3.8, 4) is 0 Å². The van der Waals surface area contributed by atoms with E-state index < -0.39 is 5.97 Å². The Kier molecular flexibility index (Phi) is 5.58. The minimum atomic E-state index is -1.01. The number of aromatic carboxylic acids is 1. The van der Waals surface area contributed by atoms with Gasteiger partial charge in [-0.15, -0.1) is 0 Å². The number of furan rings is 1. The van der Waals surface area contributed by atoms with E-state index in [0.717, 1.165) is 4.47 Å². The number of likely N-dealkylation sites (N-methyl/N-ethyl adjacent to an activating group) is 1. The molecule has 6 nitrogen and oxygen atoms in total. The van der Waals surface area contributed by atoms with Crippen LogP contribution in [0.2, 0.25) is 0 Å². The lowest BCUT2D eigenvalue weighted by Gasteiger charge is -2.09. The van der Waals surface area contributed by atoms with Crippen LogP contribution in [0.4, 0.5) is 5.69 Å². The fourth-order valence-electron chi connectivity index (χ4n) is 2.29. The second-order valence-electron chi connectivity index (χ2n) is 5.39. The number of aliphatic imine (C=N–C) groups is 1. The van der Waals surface area contributed by atoms with Crippen LogP contribution in [0.5, 0.6) is 0 Å². The Hall–Kier alpha value is -1.59. The second kappa shape index (κ2) is 7.57. The van der Waals surface area contributed by atoms with Crippen molar-refractivity contribution in [3.05, 3.63) is 54.3 Å². The number of carbonyl (C=O) groups excluding carboxylic acids is 1. The summed E-state index contributed by atoms with van der Waals surface area (Å²) in [4.78, 5) is 30.1. The summed E-state index contributed by atoms with van der Waals surface area (Å²) in [5.74, 6) is -0.634. The quantitative estimate of drug-likeness (QED) is 0.438. The highest BCUT2D eigenvalue weighted by atomic mass is 127. The maximum Gasteiger partial charge on any atom is 0.336 e. The first-order chi connectivity index (χ1) is 12.3. The second-order valence-corrected chi connectivity index (χ2v) is 8.24. The first kappa shape index (κ1) is 19.2. The van der Waals surface area contributed by atoms with Crippen molar-refractivity contribution < 1.29 is 19.1 Å². The van der Waals surface area contributed by atoms with Crippen molar-refractivity contribution in [3.63, 3.8) is 0 Å². The number of halogens is 2. The van der Waals surface area contributed by atoms with Gasteiger partial charge in [0.1, 0.15) is 5.76 Å². The summed E-state index contributed by atoms with van der Waals surface area (Å²) in [6.07, 6.45) is 1.67. The first-order valence-electron chi connectivity index (χ1n) is 7.32. The molecular formula is C17H12BrIN2O4S. The summed E-state index contributed by atoms with van der Waals surface area (Å²) in [5.41, 5.74) is 1.26. The third-order valence-electron chi connectivity index (χ3n) is 3.69. The summed E-state index contributed by atoms with van der Waals surface area (Å²) in [5, 5.41) is 9.71. The summed E-state index contributed by atoms with van der Waals surface area (Å²) in [6.45, 7) is 1.70. The van der Waals surface area contributed by atoms with Crippen LogP contribution in [-0.2, 0) is 4.79 Å². The van der Waals surface area contributed by atoms with Crippen LogP contribution in [0, 0.1) is 10.7 Å². The molecule has 1 amide bonds. The standard InChI is InChI=1S/C17H12BrIN2O4S/c1-8-10(16(23)24)4-3-5-12(8)20-17-21(2)15(22)13(26-17)7-9-6-11(18)14(19)25-9/h3-7H,1-2H3,(H,23,24)/b13-7-,20-17?. The number of hydrogen-bond acceptors (Lipinski definition) is 5. The minimum absolute atomic E-state index is 0.189. The van der Waals surface area contributed by atoms with Gasteiger partial charge in [-0.2, -0.15) is 0 Å². The summed E-state index contributed by atoms with van der Waals surface area (Å²) in [6, 6.07) is 6.68. The summed E-state index contributed by atoms with van der Waals surface area (Å²) >= 11 is 6.64. The number of thioether (sulfide) groups is 1. The first-order valence-corrected chi connectivity index (χ1v) is 10.0. The third-order valence-corrected chi connectivity index (χ3v) is 6.88. The van der Waals surface area contributed by atoms with Gasteiger partial charge in [0.05, 0.1) is 20.6 Å². The Morgan fingerprint density at radius 1 is 1.46 bits per heavy atom. The van der Waals surface area contributed by atoms with Gasteiger partial charge < -0.3 is 9.52 Å². The molecule has 0 spiro atoms. The molecule has 1 aliphatic heterocycles. The van der Waals surface area contributed by atoms with Gasteiger partial charge in [0.2, 0.25) is 0 Å². The molecule has 0 aliphatic carbocycles. The molecule has 3 rings (SSSR count). The van der Waals surface area contributed by atoms with Crippen LogP contribution in [0.15, 0.2) is 43.1 Å². The van der Waals surface area contributed by atoms with E-state index in [4.69, 9.17) is 4.42 Å². The Labute approximate surface area is 175 Å². The van der Waals surface area contributed by atoms with Crippen LogP contribution in [-0.4, -0.2) is 34.1 Å². The number of hydrogen-bond donors (Lipinski definition) is 1. The molecule has 0 radical (unpaired) electrons. The smallest absolute Gasteiger partial charge is 0.336 e. The third kappa shape index (κ3) is 3.74. The van der Waals surface area contributed by atoms with E-state index in [-0.39, 0.29) is 11.5 Å². The number of amidine groups is 1. The largest absolute Gasteiger partial charge is 0.478 e. The van der Waals surface area contributed by atoms with Crippen molar-refractivity contribution in [2.24, 2.45) is 4.99 Å². The van der Waals surface area contributed by atoms with Gasteiger partial charge in [-0.05, 0) is 58.4 Å². The maximum absolute atomic E-state index is 12.5. The van der Waals surface area contributed by atoms with E-state index in [2.05, 4.69) is 43.5 Å². The molecule has 0 saturated carbocycles. The minimum Gasteiger partial charge on any atom is -0.478 e. The molecule has 134 valence electrons. The number of carboxylic acids is 1. The van der Waals surface area contributed by atoms with Crippen molar-refractivity contribution in [1.29, 1.82) is 0 Å². The average Bonchev–Trinajstić information content (AvgIpc) is 3.03. The van der Waals surface area contributed by atoms with E-state index in [1.54, 1.807) is 38.2 Å². The topological polar surface area (TPSA) is 83.1 Å². The molecule has 9 heteroatoms. The van der Waals surface area contributed by atoms with Crippen molar-refractivity contribution in [2.45, 2.75) is 6.92 Å². The van der Waals surface area contributed by atoms with E-state index in [9.17, 15) is 14.7 Å². The summed E-state index contributed by atoms with van der Waals surface area (Å²) < 4.78 is 7.07. The highest BCUT2D eigenvalue weighted by molar-refractivity contribution is 14.1. The van der Waals surface area contributed by atoms with Crippen LogP contribution < -0.4 is 0 Å². The molecule has 1 aliphatic rings. The zero-order chi connectivity index (χ0) is 19.0. The molecule has 26 heavy (non-hydrogen) atoms. The lowest BCUT2D eigenvalue weighted by Crippen LogP contribution is -2.23. The van der Waals surface area contributed by atoms with E-state index >= 15 is 0 Å². The summed E-state index contributed by atoms with van der Waals surface area (Å²) in [7, 11) is 1.63. The molecular weight excluding hydrogens is 535 g/mol. The molecule has 0 unspecified atom stereocenters. The van der Waals surface area contributed by atoms with Crippen LogP contribution >= 0.6 is 50.3 Å². The number of benzene rings is 1. The predicted molar refractivity (Wildman–Crippen MR) is 113 cm³/mol. The van der Waals surface area contributed by atoms with Crippen molar-refractivity contribution in [2.75, 3.05) is 7.05 Å². The van der Waals surface area contributed by atoms with Crippen molar-refractivity contribution in [1.82, 2.24) is 4.90 Å². The Bertz CT molecular complexity index is 964. The Morgan fingerprint density at radius 2 is 2.19 bits per heavy atom. The fraction of sp³-hybridized carbons (Fsp3) is 0.118. The highest BCUT2D eigenvalue weighted by Gasteiger charge is 2.31. The number of carboxylic acid groups (broad SMARTS) is 1. The monoisotopic (exact) mass is 546 g/mol. The van der Waals surface area contributed by atoms with E-state index in [0.29, 0.717) is 30.9 Å². The maximum atomic E-state index is 12.5. The van der Waals surface area contributed by atoms with E-state index in [1.807, 2.05) is 0 Å².